The first kappa shape index (κ1) is 18.7. The number of halogens is 2. The van der Waals surface area contributed by atoms with Gasteiger partial charge in [0.05, 0.1) is 6.54 Å². The molecule has 0 bridgehead atoms. The summed E-state index contributed by atoms with van der Waals surface area (Å²) in [5, 5.41) is 3.05. The van der Waals surface area contributed by atoms with Gasteiger partial charge in [-0.15, -0.1) is 0 Å². The first-order chi connectivity index (χ1) is 11.3. The van der Waals surface area contributed by atoms with Gasteiger partial charge in [0.1, 0.15) is 11.9 Å². The molecular formula is C17H23ClFN3O2. The molecule has 24 heavy (non-hydrogen) atoms. The van der Waals surface area contributed by atoms with E-state index in [1.54, 1.807) is 33.2 Å². The number of rotatable bonds is 7. The van der Waals surface area contributed by atoms with E-state index in [-0.39, 0.29) is 36.8 Å². The molecule has 1 aliphatic carbocycles. The number of nitrogens with one attached hydrogen (secondary N) is 1. The van der Waals surface area contributed by atoms with Crippen LogP contribution in [-0.4, -0.2) is 54.3 Å². The summed E-state index contributed by atoms with van der Waals surface area (Å²) in [6.45, 7) is 2.04. The second kappa shape index (κ2) is 7.94. The van der Waals surface area contributed by atoms with Gasteiger partial charge in [-0.3, -0.25) is 14.5 Å². The Morgan fingerprint density at radius 1 is 1.38 bits per heavy atom. The SMILES string of the molecule is CC(NC(=O)CN(Cc1c(F)cccc1Cl)C1CC1)C(=O)N(C)C. The van der Waals surface area contributed by atoms with Crippen LogP contribution < -0.4 is 5.32 Å². The van der Waals surface area contributed by atoms with Crippen LogP contribution in [0.2, 0.25) is 5.02 Å². The summed E-state index contributed by atoms with van der Waals surface area (Å²) >= 11 is 6.08. The molecule has 1 aromatic rings. The molecule has 1 aromatic carbocycles. The van der Waals surface area contributed by atoms with Gasteiger partial charge in [0, 0.05) is 37.3 Å². The molecule has 0 spiro atoms. The normalized spacial score (nSPS) is 15.2. The molecule has 0 aliphatic heterocycles. The second-order valence-corrected chi connectivity index (χ2v) is 6.77. The minimum Gasteiger partial charge on any atom is -0.347 e. The highest BCUT2D eigenvalue weighted by atomic mass is 35.5. The lowest BCUT2D eigenvalue weighted by molar-refractivity contribution is -0.134. The van der Waals surface area contributed by atoms with E-state index in [0.29, 0.717) is 10.6 Å². The Hall–Kier alpha value is -1.66. The first-order valence-electron chi connectivity index (χ1n) is 7.97. The van der Waals surface area contributed by atoms with Gasteiger partial charge in [0.25, 0.3) is 0 Å². The molecule has 7 heteroatoms. The van der Waals surface area contributed by atoms with Crippen LogP contribution >= 0.6 is 11.6 Å². The number of carbonyl (C=O) groups is 2. The number of amides is 2. The number of likely N-dealkylation sites (N-methyl/N-ethyl adjacent to an activating group) is 1. The van der Waals surface area contributed by atoms with Crippen LogP contribution in [0.25, 0.3) is 0 Å². The molecule has 0 saturated heterocycles. The summed E-state index contributed by atoms with van der Waals surface area (Å²) in [6.07, 6.45) is 1.96. The molecule has 1 N–H and O–H groups in total. The van der Waals surface area contributed by atoms with Gasteiger partial charge in [-0.05, 0) is 31.9 Å². The topological polar surface area (TPSA) is 52.7 Å². The maximum Gasteiger partial charge on any atom is 0.244 e. The summed E-state index contributed by atoms with van der Waals surface area (Å²) in [7, 11) is 3.28. The first-order valence-corrected chi connectivity index (χ1v) is 8.35. The molecule has 1 unspecified atom stereocenters. The van der Waals surface area contributed by atoms with Crippen molar-refractivity contribution in [3.8, 4) is 0 Å². The standard InChI is InChI=1S/C17H23ClFN3O2/c1-11(17(24)21(2)3)20-16(23)10-22(12-7-8-12)9-13-14(18)5-4-6-15(13)19/h4-6,11-12H,7-10H2,1-3H3,(H,20,23). The quantitative estimate of drug-likeness (QED) is 0.814. The monoisotopic (exact) mass is 355 g/mol. The van der Waals surface area contributed by atoms with Crippen molar-refractivity contribution in [2.75, 3.05) is 20.6 Å². The van der Waals surface area contributed by atoms with E-state index in [9.17, 15) is 14.0 Å². The number of hydrogen-bond donors (Lipinski definition) is 1. The van der Waals surface area contributed by atoms with Crippen molar-refractivity contribution in [2.24, 2.45) is 0 Å². The van der Waals surface area contributed by atoms with Gasteiger partial charge in [-0.1, -0.05) is 17.7 Å². The van der Waals surface area contributed by atoms with Gasteiger partial charge in [0.2, 0.25) is 11.8 Å². The van der Waals surface area contributed by atoms with Crippen LogP contribution in [0, 0.1) is 5.82 Å². The predicted octanol–water partition coefficient (Wildman–Crippen LogP) is 2.04. The minimum absolute atomic E-state index is 0.111. The lowest BCUT2D eigenvalue weighted by Gasteiger charge is -2.24. The Morgan fingerprint density at radius 2 is 2.04 bits per heavy atom. The zero-order valence-corrected chi connectivity index (χ0v) is 14.9. The summed E-state index contributed by atoms with van der Waals surface area (Å²) in [6, 6.07) is 4.23. The van der Waals surface area contributed by atoms with Crippen LogP contribution in [0.3, 0.4) is 0 Å². The van der Waals surface area contributed by atoms with Crippen molar-refractivity contribution < 1.29 is 14.0 Å². The lowest BCUT2D eigenvalue weighted by Crippen LogP contribution is -2.47. The van der Waals surface area contributed by atoms with Gasteiger partial charge < -0.3 is 10.2 Å². The van der Waals surface area contributed by atoms with Crippen LogP contribution in [0.4, 0.5) is 4.39 Å². The Bertz CT molecular complexity index is 600. The fraction of sp³-hybridized carbons (Fsp3) is 0.529. The number of carbonyl (C=O) groups excluding carboxylic acids is 2. The molecule has 1 aliphatic rings. The molecule has 1 fully saturated rings. The molecule has 0 aromatic heterocycles. The smallest absolute Gasteiger partial charge is 0.244 e. The highest BCUT2D eigenvalue weighted by molar-refractivity contribution is 6.31. The molecule has 0 radical (unpaired) electrons. The fourth-order valence-corrected chi connectivity index (χ4v) is 2.78. The fourth-order valence-electron chi connectivity index (χ4n) is 2.56. The molecule has 1 saturated carbocycles. The van der Waals surface area contributed by atoms with E-state index in [1.165, 1.54) is 11.0 Å². The van der Waals surface area contributed by atoms with Crippen molar-refractivity contribution in [2.45, 2.75) is 38.4 Å². The average Bonchev–Trinajstić information content (AvgIpc) is 3.33. The minimum atomic E-state index is -0.592. The molecular weight excluding hydrogens is 333 g/mol. The van der Waals surface area contributed by atoms with E-state index in [4.69, 9.17) is 11.6 Å². The van der Waals surface area contributed by atoms with Crippen LogP contribution in [0.1, 0.15) is 25.3 Å². The summed E-state index contributed by atoms with van der Waals surface area (Å²) < 4.78 is 14.0. The van der Waals surface area contributed by atoms with Crippen molar-refractivity contribution in [1.29, 1.82) is 0 Å². The van der Waals surface area contributed by atoms with Crippen molar-refractivity contribution in [1.82, 2.24) is 15.1 Å². The Morgan fingerprint density at radius 3 is 2.58 bits per heavy atom. The highest BCUT2D eigenvalue weighted by Gasteiger charge is 2.31. The zero-order valence-electron chi connectivity index (χ0n) is 14.2. The third-order valence-electron chi connectivity index (χ3n) is 4.02. The van der Waals surface area contributed by atoms with Gasteiger partial charge in [-0.2, -0.15) is 0 Å². The van der Waals surface area contributed by atoms with E-state index in [0.717, 1.165) is 12.8 Å². The highest BCUT2D eigenvalue weighted by Crippen LogP contribution is 2.30. The Kier molecular flexibility index (Phi) is 6.18. The lowest BCUT2D eigenvalue weighted by atomic mass is 10.2. The number of nitrogens with zero attached hydrogens (tertiary/aromatic N) is 2. The van der Waals surface area contributed by atoms with Gasteiger partial charge >= 0.3 is 0 Å². The van der Waals surface area contributed by atoms with Gasteiger partial charge in [0.15, 0.2) is 0 Å². The van der Waals surface area contributed by atoms with E-state index < -0.39 is 6.04 Å². The number of hydrogen-bond acceptors (Lipinski definition) is 3. The predicted molar refractivity (Wildman–Crippen MR) is 91.1 cm³/mol. The van der Waals surface area contributed by atoms with Crippen molar-refractivity contribution >= 4 is 23.4 Å². The largest absolute Gasteiger partial charge is 0.347 e. The van der Waals surface area contributed by atoms with Crippen LogP contribution in [0.15, 0.2) is 18.2 Å². The van der Waals surface area contributed by atoms with Gasteiger partial charge in [-0.25, -0.2) is 4.39 Å². The second-order valence-electron chi connectivity index (χ2n) is 6.36. The molecule has 132 valence electrons. The number of benzene rings is 1. The summed E-state index contributed by atoms with van der Waals surface area (Å²) in [5.74, 6) is -0.791. The molecule has 2 amide bonds. The van der Waals surface area contributed by atoms with Crippen LogP contribution in [-0.2, 0) is 16.1 Å². The molecule has 1 atom stereocenters. The molecule has 5 nitrogen and oxygen atoms in total. The Balaban J connectivity index is 1.99. The maximum absolute atomic E-state index is 14.0. The zero-order chi connectivity index (χ0) is 17.9. The summed E-state index contributed by atoms with van der Waals surface area (Å²) in [4.78, 5) is 27.4. The Labute approximate surface area is 146 Å². The van der Waals surface area contributed by atoms with Crippen molar-refractivity contribution in [3.05, 3.63) is 34.6 Å². The van der Waals surface area contributed by atoms with E-state index in [2.05, 4.69) is 5.32 Å². The average molecular weight is 356 g/mol. The van der Waals surface area contributed by atoms with Crippen molar-refractivity contribution in [3.63, 3.8) is 0 Å². The molecule has 0 heterocycles. The van der Waals surface area contributed by atoms with E-state index in [1.807, 2.05) is 4.90 Å². The maximum atomic E-state index is 14.0. The van der Waals surface area contributed by atoms with E-state index >= 15 is 0 Å². The molecule has 2 rings (SSSR count). The van der Waals surface area contributed by atoms with Crippen LogP contribution in [0.5, 0.6) is 0 Å². The third kappa shape index (κ3) is 4.92. The summed E-state index contributed by atoms with van der Waals surface area (Å²) in [5.41, 5.74) is 0.399. The third-order valence-corrected chi connectivity index (χ3v) is 4.38.